The maximum atomic E-state index is 12.3. The first-order valence-corrected chi connectivity index (χ1v) is 9.19. The van der Waals surface area contributed by atoms with Crippen LogP contribution in [0.4, 0.5) is 5.69 Å². The van der Waals surface area contributed by atoms with Gasteiger partial charge in [-0.1, -0.05) is 29.4 Å². The Bertz CT molecular complexity index is 1010. The van der Waals surface area contributed by atoms with E-state index < -0.39 is 0 Å². The summed E-state index contributed by atoms with van der Waals surface area (Å²) in [6, 6.07) is 10.3. The van der Waals surface area contributed by atoms with E-state index >= 15 is 0 Å². The number of halogens is 1. The van der Waals surface area contributed by atoms with Crippen LogP contribution in [0, 0.1) is 11.3 Å². The summed E-state index contributed by atoms with van der Waals surface area (Å²) in [5.41, 5.74) is 0.715. The highest BCUT2D eigenvalue weighted by molar-refractivity contribution is 7.99. The Hall–Kier alpha value is -3.02. The van der Waals surface area contributed by atoms with Crippen LogP contribution >= 0.6 is 23.4 Å². The summed E-state index contributed by atoms with van der Waals surface area (Å²) >= 11 is 7.15. The normalized spacial score (nSPS) is 10.4. The van der Waals surface area contributed by atoms with Crippen molar-refractivity contribution in [2.45, 2.75) is 11.7 Å². The van der Waals surface area contributed by atoms with Crippen LogP contribution in [-0.2, 0) is 11.3 Å². The molecular formula is C18H14ClN5O2S. The third-order valence-corrected chi connectivity index (χ3v) is 4.68. The second kappa shape index (κ2) is 8.58. The van der Waals surface area contributed by atoms with Gasteiger partial charge in [-0.05, 0) is 30.3 Å². The number of carbonyl (C=O) groups excluding carboxylic acids is 1. The molecule has 2 heterocycles. The maximum Gasteiger partial charge on any atom is 0.234 e. The van der Waals surface area contributed by atoms with E-state index in [4.69, 9.17) is 21.3 Å². The molecule has 0 spiro atoms. The van der Waals surface area contributed by atoms with E-state index in [2.05, 4.69) is 22.1 Å². The number of aromatic nitrogens is 3. The fraction of sp³-hybridized carbons (Fsp3) is 0.111. The average Bonchev–Trinajstić information content (AvgIpc) is 3.30. The van der Waals surface area contributed by atoms with Crippen molar-refractivity contribution in [2.75, 3.05) is 11.1 Å². The van der Waals surface area contributed by atoms with Crippen LogP contribution in [0.2, 0.25) is 5.02 Å². The smallest absolute Gasteiger partial charge is 0.234 e. The minimum absolute atomic E-state index is 0.0881. The van der Waals surface area contributed by atoms with E-state index in [0.717, 1.165) is 0 Å². The van der Waals surface area contributed by atoms with Crippen LogP contribution in [0.3, 0.4) is 0 Å². The van der Waals surface area contributed by atoms with Crippen molar-refractivity contribution >= 4 is 35.0 Å². The highest BCUT2D eigenvalue weighted by Crippen LogP contribution is 2.25. The van der Waals surface area contributed by atoms with Gasteiger partial charge in [-0.3, -0.25) is 9.36 Å². The molecule has 7 nitrogen and oxygen atoms in total. The van der Waals surface area contributed by atoms with Crippen LogP contribution in [0.25, 0.3) is 11.6 Å². The van der Waals surface area contributed by atoms with Crippen LogP contribution in [0.5, 0.6) is 0 Å². The molecule has 0 fully saturated rings. The molecule has 0 aliphatic carbocycles. The largest absolute Gasteiger partial charge is 0.461 e. The molecule has 1 aromatic carbocycles. The van der Waals surface area contributed by atoms with Crippen molar-refractivity contribution < 1.29 is 9.21 Å². The third kappa shape index (κ3) is 4.39. The average molecular weight is 400 g/mol. The van der Waals surface area contributed by atoms with Gasteiger partial charge in [0.25, 0.3) is 0 Å². The molecule has 0 saturated heterocycles. The second-order valence-corrected chi connectivity index (χ2v) is 6.70. The zero-order chi connectivity index (χ0) is 19.2. The Morgan fingerprint density at radius 3 is 3.00 bits per heavy atom. The number of furan rings is 1. The van der Waals surface area contributed by atoms with E-state index in [9.17, 15) is 4.79 Å². The lowest BCUT2D eigenvalue weighted by atomic mass is 10.2. The van der Waals surface area contributed by atoms with Gasteiger partial charge >= 0.3 is 0 Å². The van der Waals surface area contributed by atoms with Gasteiger partial charge in [-0.25, -0.2) is 0 Å². The summed E-state index contributed by atoms with van der Waals surface area (Å²) in [4.78, 5) is 12.3. The molecule has 1 amide bonds. The van der Waals surface area contributed by atoms with Crippen molar-refractivity contribution in [1.29, 1.82) is 5.26 Å². The number of hydrogen-bond acceptors (Lipinski definition) is 6. The zero-order valence-electron chi connectivity index (χ0n) is 14.1. The number of nitriles is 1. The Balaban J connectivity index is 1.72. The van der Waals surface area contributed by atoms with Gasteiger partial charge in [0.05, 0.1) is 23.3 Å². The van der Waals surface area contributed by atoms with Gasteiger partial charge in [0.2, 0.25) is 11.7 Å². The SMILES string of the molecule is C=CCn1c(SCC(=O)Nc2cc(Cl)ccc2C#N)nnc1-c1ccco1. The quantitative estimate of drug-likeness (QED) is 0.476. The Kier molecular flexibility index (Phi) is 5.96. The van der Waals surface area contributed by atoms with Gasteiger partial charge in [0.15, 0.2) is 10.9 Å². The number of hydrogen-bond donors (Lipinski definition) is 1. The lowest BCUT2D eigenvalue weighted by Gasteiger charge is -2.08. The number of thioether (sulfide) groups is 1. The Labute approximate surface area is 164 Å². The fourth-order valence-electron chi connectivity index (χ4n) is 2.31. The molecule has 0 aliphatic heterocycles. The fourth-order valence-corrected chi connectivity index (χ4v) is 3.23. The zero-order valence-corrected chi connectivity index (χ0v) is 15.6. The first-order chi connectivity index (χ1) is 13.1. The predicted molar refractivity (Wildman–Crippen MR) is 103 cm³/mol. The van der Waals surface area contributed by atoms with E-state index in [-0.39, 0.29) is 11.7 Å². The van der Waals surface area contributed by atoms with Crippen LogP contribution in [0.1, 0.15) is 5.56 Å². The molecule has 0 saturated carbocycles. The monoisotopic (exact) mass is 399 g/mol. The minimum Gasteiger partial charge on any atom is -0.461 e. The molecule has 0 atom stereocenters. The number of anilines is 1. The first kappa shape index (κ1) is 18.8. The summed E-state index contributed by atoms with van der Waals surface area (Å²) in [6.07, 6.45) is 3.27. The number of nitrogens with zero attached hydrogens (tertiary/aromatic N) is 4. The number of allylic oxidation sites excluding steroid dienone is 1. The molecule has 0 aliphatic rings. The summed E-state index contributed by atoms with van der Waals surface area (Å²) in [5.74, 6) is 0.944. The van der Waals surface area contributed by atoms with Gasteiger partial charge in [0.1, 0.15) is 6.07 Å². The van der Waals surface area contributed by atoms with Crippen molar-refractivity contribution in [3.63, 3.8) is 0 Å². The molecule has 3 aromatic rings. The standard InChI is InChI=1S/C18H14ClN5O2S/c1-2-7-24-17(15-4-3-8-26-15)22-23-18(24)27-11-16(25)21-14-9-13(19)6-5-12(14)10-20/h2-6,8-9H,1,7,11H2,(H,21,25). The Morgan fingerprint density at radius 1 is 1.44 bits per heavy atom. The highest BCUT2D eigenvalue weighted by atomic mass is 35.5. The van der Waals surface area contributed by atoms with Gasteiger partial charge in [0, 0.05) is 11.6 Å². The number of rotatable bonds is 7. The van der Waals surface area contributed by atoms with E-state index in [1.807, 2.05) is 10.6 Å². The van der Waals surface area contributed by atoms with E-state index in [0.29, 0.717) is 39.6 Å². The molecule has 136 valence electrons. The number of amides is 1. The van der Waals surface area contributed by atoms with Gasteiger partial charge < -0.3 is 9.73 Å². The van der Waals surface area contributed by atoms with E-state index in [1.165, 1.54) is 17.8 Å². The lowest BCUT2D eigenvalue weighted by Crippen LogP contribution is -2.15. The lowest BCUT2D eigenvalue weighted by molar-refractivity contribution is -0.113. The summed E-state index contributed by atoms with van der Waals surface area (Å²) in [5, 5.41) is 21.1. The minimum atomic E-state index is -0.286. The van der Waals surface area contributed by atoms with Crippen molar-refractivity contribution in [2.24, 2.45) is 0 Å². The second-order valence-electron chi connectivity index (χ2n) is 5.32. The van der Waals surface area contributed by atoms with Crippen LogP contribution in [0.15, 0.2) is 58.8 Å². The first-order valence-electron chi connectivity index (χ1n) is 7.82. The summed E-state index contributed by atoms with van der Waals surface area (Å²) in [7, 11) is 0. The molecule has 9 heteroatoms. The van der Waals surface area contributed by atoms with Crippen molar-refractivity contribution in [3.05, 3.63) is 59.8 Å². The third-order valence-electron chi connectivity index (χ3n) is 3.48. The van der Waals surface area contributed by atoms with Gasteiger partial charge in [-0.2, -0.15) is 5.26 Å². The molecule has 0 radical (unpaired) electrons. The molecular weight excluding hydrogens is 386 g/mol. The number of nitrogens with one attached hydrogen (secondary N) is 1. The molecule has 2 aromatic heterocycles. The summed E-state index contributed by atoms with van der Waals surface area (Å²) in [6.45, 7) is 4.21. The summed E-state index contributed by atoms with van der Waals surface area (Å²) < 4.78 is 7.18. The Morgan fingerprint density at radius 2 is 2.30 bits per heavy atom. The van der Waals surface area contributed by atoms with Gasteiger partial charge in [-0.15, -0.1) is 16.8 Å². The molecule has 0 unspecified atom stereocenters. The predicted octanol–water partition coefficient (Wildman–Crippen LogP) is 3.98. The number of benzene rings is 1. The van der Waals surface area contributed by atoms with Crippen molar-refractivity contribution in [1.82, 2.24) is 14.8 Å². The molecule has 3 rings (SSSR count). The molecule has 0 bridgehead atoms. The topological polar surface area (TPSA) is 96.7 Å². The van der Waals surface area contributed by atoms with Crippen LogP contribution < -0.4 is 5.32 Å². The molecule has 1 N–H and O–H groups in total. The van der Waals surface area contributed by atoms with E-state index in [1.54, 1.807) is 36.6 Å². The highest BCUT2D eigenvalue weighted by Gasteiger charge is 2.17. The number of carbonyl (C=O) groups is 1. The van der Waals surface area contributed by atoms with Crippen LogP contribution in [-0.4, -0.2) is 26.4 Å². The van der Waals surface area contributed by atoms with Crippen molar-refractivity contribution in [3.8, 4) is 17.7 Å². The molecule has 27 heavy (non-hydrogen) atoms. The maximum absolute atomic E-state index is 12.3.